The van der Waals surface area contributed by atoms with Gasteiger partial charge in [-0.2, -0.15) is 0 Å². The molecule has 0 atom stereocenters. The van der Waals surface area contributed by atoms with Crippen molar-refractivity contribution in [3.63, 3.8) is 0 Å². The van der Waals surface area contributed by atoms with Crippen LogP contribution in [0.15, 0.2) is 11.4 Å². The van der Waals surface area contributed by atoms with Gasteiger partial charge in [0.2, 0.25) is 0 Å². The highest BCUT2D eigenvalue weighted by molar-refractivity contribution is 7.13. The Bertz CT molecular complexity index is 591. The molecule has 3 N–H and O–H groups in total. The minimum Gasteiger partial charge on any atom is -0.308 e. The molecule has 0 spiro atoms. The standard InChI is InChI=1S/C14H18N4S/c1-9-7-8-19-12(9)14-16-11-6-4-2-3-5-10(11)13(17-14)18-15/h7-8H,2-6,15H2,1H3,(H,16,17,18). The van der Waals surface area contributed by atoms with Gasteiger partial charge < -0.3 is 5.43 Å². The van der Waals surface area contributed by atoms with E-state index < -0.39 is 0 Å². The zero-order valence-corrected chi connectivity index (χ0v) is 11.9. The molecular formula is C14H18N4S. The topological polar surface area (TPSA) is 63.8 Å². The highest BCUT2D eigenvalue weighted by Gasteiger charge is 2.18. The first kappa shape index (κ1) is 12.6. The third kappa shape index (κ3) is 2.35. The molecule has 1 aliphatic carbocycles. The van der Waals surface area contributed by atoms with Crippen LogP contribution in [0.3, 0.4) is 0 Å². The number of fused-ring (bicyclic) bond motifs is 1. The molecule has 2 heterocycles. The fraction of sp³-hybridized carbons (Fsp3) is 0.429. The maximum absolute atomic E-state index is 5.65. The summed E-state index contributed by atoms with van der Waals surface area (Å²) in [5.74, 6) is 7.26. The van der Waals surface area contributed by atoms with Crippen LogP contribution in [-0.4, -0.2) is 9.97 Å². The Labute approximate surface area is 117 Å². The molecule has 0 bridgehead atoms. The number of nitrogens with zero attached hydrogens (tertiary/aromatic N) is 2. The summed E-state index contributed by atoms with van der Waals surface area (Å²) in [4.78, 5) is 10.5. The summed E-state index contributed by atoms with van der Waals surface area (Å²) in [5.41, 5.74) is 6.36. The van der Waals surface area contributed by atoms with Gasteiger partial charge >= 0.3 is 0 Å². The largest absolute Gasteiger partial charge is 0.308 e. The van der Waals surface area contributed by atoms with Crippen molar-refractivity contribution in [3.05, 3.63) is 28.3 Å². The van der Waals surface area contributed by atoms with E-state index in [2.05, 4.69) is 28.8 Å². The molecule has 5 heteroatoms. The summed E-state index contributed by atoms with van der Waals surface area (Å²) < 4.78 is 0. The second-order valence-electron chi connectivity index (χ2n) is 4.96. The summed E-state index contributed by atoms with van der Waals surface area (Å²) in [6.07, 6.45) is 5.72. The molecular weight excluding hydrogens is 256 g/mol. The summed E-state index contributed by atoms with van der Waals surface area (Å²) in [5, 5.41) is 2.08. The number of hydrogen-bond donors (Lipinski definition) is 2. The van der Waals surface area contributed by atoms with Crippen molar-refractivity contribution < 1.29 is 0 Å². The quantitative estimate of drug-likeness (QED) is 0.502. The number of thiophene rings is 1. The lowest BCUT2D eigenvalue weighted by Gasteiger charge is -2.12. The van der Waals surface area contributed by atoms with Gasteiger partial charge in [-0.1, -0.05) is 6.42 Å². The Kier molecular flexibility index (Phi) is 3.48. The monoisotopic (exact) mass is 274 g/mol. The normalized spacial score (nSPS) is 14.8. The lowest BCUT2D eigenvalue weighted by atomic mass is 10.1. The van der Waals surface area contributed by atoms with Crippen molar-refractivity contribution in [2.45, 2.75) is 39.0 Å². The van der Waals surface area contributed by atoms with Gasteiger partial charge in [0, 0.05) is 11.3 Å². The van der Waals surface area contributed by atoms with Gasteiger partial charge in [0.05, 0.1) is 4.88 Å². The molecule has 0 fully saturated rings. The third-order valence-electron chi connectivity index (χ3n) is 3.64. The number of aromatic nitrogens is 2. The van der Waals surface area contributed by atoms with Crippen LogP contribution in [0.2, 0.25) is 0 Å². The maximum atomic E-state index is 5.65. The Balaban J connectivity index is 2.13. The zero-order chi connectivity index (χ0) is 13.2. The molecule has 0 saturated heterocycles. The molecule has 2 aromatic heterocycles. The fourth-order valence-corrected chi connectivity index (χ4v) is 3.45. The van der Waals surface area contributed by atoms with Crippen LogP contribution in [-0.2, 0) is 12.8 Å². The van der Waals surface area contributed by atoms with E-state index in [1.807, 2.05) is 0 Å². The number of hydrogen-bond acceptors (Lipinski definition) is 5. The molecule has 0 aromatic carbocycles. The molecule has 0 unspecified atom stereocenters. The Morgan fingerprint density at radius 3 is 2.79 bits per heavy atom. The van der Waals surface area contributed by atoms with Crippen molar-refractivity contribution >= 4 is 17.2 Å². The van der Waals surface area contributed by atoms with Gasteiger partial charge in [-0.25, -0.2) is 15.8 Å². The number of nitrogen functional groups attached to an aromatic ring is 1. The van der Waals surface area contributed by atoms with E-state index in [1.165, 1.54) is 36.1 Å². The number of anilines is 1. The first-order valence-corrected chi connectivity index (χ1v) is 7.58. The van der Waals surface area contributed by atoms with Crippen LogP contribution < -0.4 is 11.3 Å². The van der Waals surface area contributed by atoms with E-state index in [-0.39, 0.29) is 0 Å². The summed E-state index contributed by atoms with van der Waals surface area (Å²) >= 11 is 1.68. The van der Waals surface area contributed by atoms with Crippen LogP contribution in [0.25, 0.3) is 10.7 Å². The van der Waals surface area contributed by atoms with Gasteiger partial charge in [-0.3, -0.25) is 0 Å². The molecule has 2 aromatic rings. The van der Waals surface area contributed by atoms with Crippen molar-refractivity contribution in [1.29, 1.82) is 0 Å². The van der Waals surface area contributed by atoms with Crippen molar-refractivity contribution in [1.82, 2.24) is 9.97 Å². The van der Waals surface area contributed by atoms with E-state index in [4.69, 9.17) is 10.8 Å². The first-order valence-electron chi connectivity index (χ1n) is 6.70. The number of aryl methyl sites for hydroxylation is 2. The van der Waals surface area contributed by atoms with Gasteiger partial charge in [0.15, 0.2) is 5.82 Å². The molecule has 1 aliphatic rings. The molecule has 100 valence electrons. The van der Waals surface area contributed by atoms with Gasteiger partial charge in [-0.05, 0) is 49.6 Å². The SMILES string of the molecule is Cc1ccsc1-c1nc2c(c(NN)n1)CCCCC2. The lowest BCUT2D eigenvalue weighted by molar-refractivity contribution is 0.709. The number of nitrogens with two attached hydrogens (primary N) is 1. The Morgan fingerprint density at radius 2 is 2.05 bits per heavy atom. The van der Waals surface area contributed by atoms with Crippen LogP contribution in [0.1, 0.15) is 36.1 Å². The molecule has 0 radical (unpaired) electrons. The molecule has 0 amide bonds. The van der Waals surface area contributed by atoms with Crippen molar-refractivity contribution in [2.75, 3.05) is 5.43 Å². The molecule has 4 nitrogen and oxygen atoms in total. The number of nitrogens with one attached hydrogen (secondary N) is 1. The second-order valence-corrected chi connectivity index (χ2v) is 5.87. The Hall–Kier alpha value is -1.46. The first-order chi connectivity index (χ1) is 9.29. The van der Waals surface area contributed by atoms with Crippen LogP contribution in [0.5, 0.6) is 0 Å². The lowest BCUT2D eigenvalue weighted by Crippen LogP contribution is -2.14. The average molecular weight is 274 g/mol. The third-order valence-corrected chi connectivity index (χ3v) is 4.65. The summed E-state index contributed by atoms with van der Waals surface area (Å²) in [7, 11) is 0. The average Bonchev–Trinajstić information content (AvgIpc) is 2.71. The highest BCUT2D eigenvalue weighted by atomic mass is 32.1. The van der Waals surface area contributed by atoms with E-state index in [0.717, 1.165) is 29.4 Å². The van der Waals surface area contributed by atoms with E-state index in [0.29, 0.717) is 0 Å². The fourth-order valence-electron chi connectivity index (χ4n) is 2.59. The predicted molar refractivity (Wildman–Crippen MR) is 79.2 cm³/mol. The smallest absolute Gasteiger partial charge is 0.172 e. The van der Waals surface area contributed by atoms with Crippen molar-refractivity contribution in [2.24, 2.45) is 5.84 Å². The van der Waals surface area contributed by atoms with Crippen LogP contribution >= 0.6 is 11.3 Å². The van der Waals surface area contributed by atoms with Gasteiger partial charge in [-0.15, -0.1) is 11.3 Å². The minimum atomic E-state index is 0.801. The highest BCUT2D eigenvalue weighted by Crippen LogP contribution is 2.31. The van der Waals surface area contributed by atoms with E-state index >= 15 is 0 Å². The van der Waals surface area contributed by atoms with Gasteiger partial charge in [0.1, 0.15) is 5.82 Å². The molecule has 0 saturated carbocycles. The van der Waals surface area contributed by atoms with Crippen molar-refractivity contribution in [3.8, 4) is 10.7 Å². The second kappa shape index (κ2) is 5.27. The minimum absolute atomic E-state index is 0.801. The maximum Gasteiger partial charge on any atom is 0.172 e. The summed E-state index contributed by atoms with van der Waals surface area (Å²) in [6, 6.07) is 2.10. The molecule has 19 heavy (non-hydrogen) atoms. The Morgan fingerprint density at radius 1 is 1.21 bits per heavy atom. The van der Waals surface area contributed by atoms with Crippen LogP contribution in [0, 0.1) is 6.92 Å². The zero-order valence-electron chi connectivity index (χ0n) is 11.1. The summed E-state index contributed by atoms with van der Waals surface area (Å²) in [6.45, 7) is 2.09. The number of rotatable bonds is 2. The van der Waals surface area contributed by atoms with Gasteiger partial charge in [0.25, 0.3) is 0 Å². The van der Waals surface area contributed by atoms with Crippen LogP contribution in [0.4, 0.5) is 5.82 Å². The van der Waals surface area contributed by atoms with E-state index in [1.54, 1.807) is 11.3 Å². The predicted octanol–water partition coefficient (Wildman–Crippen LogP) is 3.07. The molecule has 0 aliphatic heterocycles. The molecule has 3 rings (SSSR count). The van der Waals surface area contributed by atoms with E-state index in [9.17, 15) is 0 Å². The number of hydrazine groups is 1.